The van der Waals surface area contributed by atoms with Crippen molar-refractivity contribution in [1.29, 1.82) is 0 Å². The van der Waals surface area contributed by atoms with Crippen molar-refractivity contribution in [3.8, 4) is 0 Å². The minimum atomic E-state index is -0.387. The molecule has 5 nitrogen and oxygen atoms in total. The highest BCUT2D eigenvalue weighted by molar-refractivity contribution is 5.96. The van der Waals surface area contributed by atoms with E-state index in [0.717, 1.165) is 30.3 Å². The van der Waals surface area contributed by atoms with E-state index in [0.29, 0.717) is 23.7 Å². The number of nitrogens with zero attached hydrogens (tertiary/aromatic N) is 3. The van der Waals surface area contributed by atoms with Crippen LogP contribution in [0.2, 0.25) is 0 Å². The molecule has 0 saturated carbocycles. The van der Waals surface area contributed by atoms with Crippen LogP contribution in [0.5, 0.6) is 0 Å². The Labute approximate surface area is 158 Å². The predicted molar refractivity (Wildman–Crippen MR) is 105 cm³/mol. The van der Waals surface area contributed by atoms with E-state index in [-0.39, 0.29) is 5.91 Å². The van der Waals surface area contributed by atoms with Gasteiger partial charge < -0.3 is 5.73 Å². The zero-order valence-corrected chi connectivity index (χ0v) is 15.3. The van der Waals surface area contributed by atoms with Crippen LogP contribution in [0, 0.1) is 0 Å². The molecule has 1 aromatic heterocycles. The highest BCUT2D eigenvalue weighted by atomic mass is 16.1. The lowest BCUT2D eigenvalue weighted by Crippen LogP contribution is -2.43. The monoisotopic (exact) mass is 360 g/mol. The summed E-state index contributed by atoms with van der Waals surface area (Å²) in [6, 6.07) is 18.0. The Morgan fingerprint density at radius 3 is 2.48 bits per heavy atom. The van der Waals surface area contributed by atoms with Crippen molar-refractivity contribution in [2.24, 2.45) is 5.73 Å². The van der Waals surface area contributed by atoms with Gasteiger partial charge in [-0.25, -0.2) is 0 Å². The highest BCUT2D eigenvalue weighted by Gasteiger charge is 2.41. The summed E-state index contributed by atoms with van der Waals surface area (Å²) in [5.74, 6) is -0.387. The minimum Gasteiger partial charge on any atom is -0.366 e. The summed E-state index contributed by atoms with van der Waals surface area (Å²) in [4.78, 5) is 14.3. The molecule has 1 unspecified atom stereocenters. The molecule has 2 aliphatic heterocycles. The molecule has 27 heavy (non-hydrogen) atoms. The van der Waals surface area contributed by atoms with Crippen molar-refractivity contribution in [2.45, 2.75) is 50.4 Å². The van der Waals surface area contributed by atoms with E-state index in [1.165, 1.54) is 18.4 Å². The normalized spacial score (nSPS) is 25.1. The SMILES string of the molecule is NC(=O)c1ccc2cnn(C3C[C@H]4CC[C@@H](C3)N4Cc3ccccc3)c2c1. The second-order valence-electron chi connectivity index (χ2n) is 7.90. The molecule has 5 heteroatoms. The standard InChI is InChI=1S/C22H24N4O/c23-22(27)16-6-7-17-13-24-26(21(17)10-16)20-11-18-8-9-19(12-20)25(18)14-15-4-2-1-3-5-15/h1-7,10,13,18-20H,8-9,11-12,14H2,(H2,23,27)/t18-,19+,20?. The number of piperidine rings is 1. The Kier molecular flexibility index (Phi) is 3.97. The number of benzene rings is 2. The van der Waals surface area contributed by atoms with Gasteiger partial charge in [-0.15, -0.1) is 0 Å². The Morgan fingerprint density at radius 2 is 1.78 bits per heavy atom. The predicted octanol–water partition coefficient (Wildman–Crippen LogP) is 3.50. The molecule has 5 rings (SSSR count). The molecule has 1 amide bonds. The zero-order valence-electron chi connectivity index (χ0n) is 15.3. The molecule has 2 aliphatic rings. The van der Waals surface area contributed by atoms with Crippen LogP contribution < -0.4 is 5.73 Å². The van der Waals surface area contributed by atoms with E-state index in [4.69, 9.17) is 5.73 Å². The molecule has 0 aliphatic carbocycles. The largest absolute Gasteiger partial charge is 0.366 e. The van der Waals surface area contributed by atoms with Crippen molar-refractivity contribution in [2.75, 3.05) is 0 Å². The number of primary amides is 1. The van der Waals surface area contributed by atoms with Gasteiger partial charge in [-0.1, -0.05) is 36.4 Å². The zero-order chi connectivity index (χ0) is 18.4. The lowest BCUT2D eigenvalue weighted by Gasteiger charge is -2.39. The molecule has 2 bridgehead atoms. The van der Waals surface area contributed by atoms with Crippen LogP contribution in [-0.2, 0) is 6.54 Å². The molecule has 3 aromatic rings. The highest BCUT2D eigenvalue weighted by Crippen LogP contribution is 2.42. The molecule has 0 spiro atoms. The topological polar surface area (TPSA) is 64.2 Å². The first kappa shape index (κ1) is 16.5. The number of nitrogens with two attached hydrogens (primary N) is 1. The Hall–Kier alpha value is -2.66. The van der Waals surface area contributed by atoms with E-state index in [9.17, 15) is 4.79 Å². The van der Waals surface area contributed by atoms with E-state index in [1.54, 1.807) is 6.07 Å². The molecule has 2 saturated heterocycles. The fourth-order valence-corrected chi connectivity index (χ4v) is 4.98. The number of amides is 1. The third kappa shape index (κ3) is 2.92. The summed E-state index contributed by atoms with van der Waals surface area (Å²) < 4.78 is 2.13. The fraction of sp³-hybridized carbons (Fsp3) is 0.364. The fourth-order valence-electron chi connectivity index (χ4n) is 4.98. The van der Waals surface area contributed by atoms with Crippen molar-refractivity contribution in [3.63, 3.8) is 0 Å². The molecule has 3 atom stereocenters. The lowest BCUT2D eigenvalue weighted by molar-refractivity contribution is 0.0966. The third-order valence-corrected chi connectivity index (χ3v) is 6.30. The lowest BCUT2D eigenvalue weighted by atomic mass is 9.96. The van der Waals surface area contributed by atoms with Crippen LogP contribution in [0.15, 0.2) is 54.7 Å². The molecular weight excluding hydrogens is 336 g/mol. The van der Waals surface area contributed by atoms with Gasteiger partial charge in [-0.3, -0.25) is 14.4 Å². The maximum absolute atomic E-state index is 11.6. The number of carbonyl (C=O) groups excluding carboxylic acids is 1. The van der Waals surface area contributed by atoms with Crippen molar-refractivity contribution in [1.82, 2.24) is 14.7 Å². The van der Waals surface area contributed by atoms with Crippen LogP contribution in [0.3, 0.4) is 0 Å². The van der Waals surface area contributed by atoms with Crippen molar-refractivity contribution >= 4 is 16.8 Å². The number of carbonyl (C=O) groups is 1. The molecule has 138 valence electrons. The quantitative estimate of drug-likeness (QED) is 0.774. The third-order valence-electron chi connectivity index (χ3n) is 6.30. The molecule has 2 aromatic carbocycles. The summed E-state index contributed by atoms with van der Waals surface area (Å²) in [6.45, 7) is 1.04. The average molecular weight is 360 g/mol. The van der Waals surface area contributed by atoms with Crippen LogP contribution in [0.25, 0.3) is 10.9 Å². The van der Waals surface area contributed by atoms with Crippen LogP contribution in [0.1, 0.15) is 47.6 Å². The van der Waals surface area contributed by atoms with Crippen molar-refractivity contribution in [3.05, 3.63) is 65.9 Å². The van der Waals surface area contributed by atoms with Gasteiger partial charge in [0.2, 0.25) is 5.91 Å². The Balaban J connectivity index is 1.40. The minimum absolute atomic E-state index is 0.384. The molecule has 3 heterocycles. The Morgan fingerprint density at radius 1 is 1.04 bits per heavy atom. The van der Waals surface area contributed by atoms with Crippen LogP contribution in [-0.4, -0.2) is 32.7 Å². The first-order chi connectivity index (χ1) is 13.2. The average Bonchev–Trinajstić information content (AvgIpc) is 3.19. The van der Waals surface area contributed by atoms with Gasteiger partial charge in [-0.05, 0) is 43.4 Å². The van der Waals surface area contributed by atoms with Gasteiger partial charge in [-0.2, -0.15) is 5.10 Å². The second-order valence-corrected chi connectivity index (χ2v) is 7.90. The summed E-state index contributed by atoms with van der Waals surface area (Å²) in [5, 5.41) is 5.74. The maximum atomic E-state index is 11.6. The van der Waals surface area contributed by atoms with E-state index in [2.05, 4.69) is 45.0 Å². The number of hydrogen-bond donors (Lipinski definition) is 1. The number of rotatable bonds is 4. The number of hydrogen-bond acceptors (Lipinski definition) is 3. The summed E-state index contributed by atoms with van der Waals surface area (Å²) >= 11 is 0. The van der Waals surface area contributed by atoms with Gasteiger partial charge in [0, 0.05) is 29.6 Å². The first-order valence-corrected chi connectivity index (χ1v) is 9.76. The van der Waals surface area contributed by atoms with E-state index >= 15 is 0 Å². The molecule has 2 fully saturated rings. The van der Waals surface area contributed by atoms with E-state index < -0.39 is 0 Å². The molecular formula is C22H24N4O. The van der Waals surface area contributed by atoms with Gasteiger partial charge in [0.15, 0.2) is 0 Å². The maximum Gasteiger partial charge on any atom is 0.248 e. The van der Waals surface area contributed by atoms with Crippen LogP contribution in [0.4, 0.5) is 0 Å². The number of fused-ring (bicyclic) bond motifs is 3. The first-order valence-electron chi connectivity index (χ1n) is 9.76. The summed E-state index contributed by atoms with van der Waals surface area (Å²) in [6.07, 6.45) is 6.65. The summed E-state index contributed by atoms with van der Waals surface area (Å²) in [5.41, 5.74) is 8.43. The van der Waals surface area contributed by atoms with Crippen LogP contribution >= 0.6 is 0 Å². The smallest absolute Gasteiger partial charge is 0.248 e. The second kappa shape index (κ2) is 6.50. The van der Waals surface area contributed by atoms with E-state index in [1.807, 2.05) is 18.3 Å². The number of aromatic nitrogens is 2. The Bertz CT molecular complexity index is 966. The van der Waals surface area contributed by atoms with Gasteiger partial charge in [0.05, 0.1) is 17.8 Å². The van der Waals surface area contributed by atoms with Gasteiger partial charge in [0.25, 0.3) is 0 Å². The molecule has 2 N–H and O–H groups in total. The summed E-state index contributed by atoms with van der Waals surface area (Å²) in [7, 11) is 0. The van der Waals surface area contributed by atoms with Gasteiger partial charge >= 0.3 is 0 Å². The molecule has 0 radical (unpaired) electrons. The van der Waals surface area contributed by atoms with Crippen molar-refractivity contribution < 1.29 is 4.79 Å². The van der Waals surface area contributed by atoms with Gasteiger partial charge in [0.1, 0.15) is 0 Å².